The first-order valence-electron chi connectivity index (χ1n) is 8.07. The Kier molecular flexibility index (Phi) is 4.90. The lowest BCUT2D eigenvalue weighted by Gasteiger charge is -2.13. The van der Waals surface area contributed by atoms with Gasteiger partial charge in [-0.25, -0.2) is 4.79 Å². The van der Waals surface area contributed by atoms with Crippen molar-refractivity contribution in [3.63, 3.8) is 0 Å². The molecule has 0 saturated heterocycles. The highest BCUT2D eigenvalue weighted by molar-refractivity contribution is 7.87. The van der Waals surface area contributed by atoms with Crippen LogP contribution in [0.4, 0.5) is 0 Å². The lowest BCUT2D eigenvalue weighted by Crippen LogP contribution is -2.16. The molecule has 2 aromatic carbocycles. The second kappa shape index (κ2) is 7.11. The third-order valence-electron chi connectivity index (χ3n) is 3.86. The van der Waals surface area contributed by atoms with E-state index >= 15 is 0 Å². The molecule has 25 heavy (non-hydrogen) atoms. The molecule has 0 N–H and O–H groups in total. The van der Waals surface area contributed by atoms with E-state index in [0.29, 0.717) is 17.4 Å². The summed E-state index contributed by atoms with van der Waals surface area (Å²) in [5.41, 5.74) is -0.0172. The molecule has 0 aliphatic carbocycles. The van der Waals surface area contributed by atoms with E-state index in [1.54, 1.807) is 42.5 Å². The van der Waals surface area contributed by atoms with Gasteiger partial charge in [-0.3, -0.25) is 0 Å². The topological polar surface area (TPSA) is 73.6 Å². The largest absolute Gasteiger partial charge is 0.422 e. The number of hydrogen-bond acceptors (Lipinski definition) is 5. The summed E-state index contributed by atoms with van der Waals surface area (Å²) in [7, 11) is -4.05. The SMILES string of the molecule is CCCCc1c(OS(=O)(=O)c2ccccc2)c2ccccc2oc1=O. The molecule has 0 radical (unpaired) electrons. The summed E-state index contributed by atoms with van der Waals surface area (Å²) < 4.78 is 36.0. The van der Waals surface area contributed by atoms with Gasteiger partial charge in [-0.1, -0.05) is 43.7 Å². The molecule has 0 amide bonds. The average molecular weight is 358 g/mol. The fourth-order valence-corrected chi connectivity index (χ4v) is 3.57. The molecule has 0 aliphatic rings. The highest BCUT2D eigenvalue weighted by Gasteiger charge is 2.23. The van der Waals surface area contributed by atoms with E-state index in [1.807, 2.05) is 6.92 Å². The number of fused-ring (bicyclic) bond motifs is 1. The summed E-state index contributed by atoms with van der Waals surface area (Å²) in [6, 6.07) is 14.6. The van der Waals surface area contributed by atoms with Crippen molar-refractivity contribution >= 4 is 21.1 Å². The van der Waals surface area contributed by atoms with Crippen LogP contribution in [0.2, 0.25) is 0 Å². The third kappa shape index (κ3) is 3.58. The van der Waals surface area contributed by atoms with Crippen LogP contribution in [0.1, 0.15) is 25.3 Å². The van der Waals surface area contributed by atoms with Crippen LogP contribution in [0.25, 0.3) is 11.0 Å². The molecule has 3 rings (SSSR count). The minimum absolute atomic E-state index is 0.0359. The first-order chi connectivity index (χ1) is 12.0. The normalized spacial score (nSPS) is 11.6. The highest BCUT2D eigenvalue weighted by atomic mass is 32.2. The van der Waals surface area contributed by atoms with Gasteiger partial charge < -0.3 is 8.60 Å². The maximum Gasteiger partial charge on any atom is 0.343 e. The predicted molar refractivity (Wildman–Crippen MR) is 95.4 cm³/mol. The highest BCUT2D eigenvalue weighted by Crippen LogP contribution is 2.31. The van der Waals surface area contributed by atoms with Crippen molar-refractivity contribution in [1.82, 2.24) is 0 Å². The lowest BCUT2D eigenvalue weighted by molar-refractivity contribution is 0.474. The lowest BCUT2D eigenvalue weighted by atomic mass is 10.1. The number of para-hydroxylation sites is 1. The standard InChI is InChI=1S/C19H18O5S/c1-2-3-11-16-18(15-12-7-8-13-17(15)23-19(16)20)24-25(21,22)14-9-5-4-6-10-14/h4-10,12-13H,2-3,11H2,1H3. The summed E-state index contributed by atoms with van der Waals surface area (Å²) in [5, 5.41) is 0.465. The van der Waals surface area contributed by atoms with Gasteiger partial charge >= 0.3 is 15.7 Å². The maximum absolute atomic E-state index is 12.6. The van der Waals surface area contributed by atoms with Gasteiger partial charge in [0.05, 0.1) is 10.9 Å². The summed E-state index contributed by atoms with van der Waals surface area (Å²) in [5.74, 6) is 0.0594. The second-order valence-corrected chi connectivity index (χ2v) is 7.19. The van der Waals surface area contributed by atoms with Gasteiger partial charge in [-0.15, -0.1) is 0 Å². The second-order valence-electron chi connectivity index (χ2n) is 5.65. The van der Waals surface area contributed by atoms with Crippen molar-refractivity contribution in [3.05, 3.63) is 70.6 Å². The van der Waals surface area contributed by atoms with Crippen LogP contribution in [0.5, 0.6) is 5.75 Å². The van der Waals surface area contributed by atoms with E-state index < -0.39 is 15.7 Å². The zero-order chi connectivity index (χ0) is 17.9. The van der Waals surface area contributed by atoms with E-state index in [2.05, 4.69) is 0 Å². The Balaban J connectivity index is 2.18. The maximum atomic E-state index is 12.6. The van der Waals surface area contributed by atoms with E-state index in [9.17, 15) is 13.2 Å². The molecule has 0 atom stereocenters. The molecule has 0 saturated carbocycles. The van der Waals surface area contributed by atoms with Gasteiger partial charge in [0, 0.05) is 0 Å². The molecule has 130 valence electrons. The van der Waals surface area contributed by atoms with Gasteiger partial charge in [-0.05, 0) is 37.1 Å². The smallest absolute Gasteiger partial charge is 0.343 e. The first-order valence-corrected chi connectivity index (χ1v) is 9.48. The molecule has 3 aromatic rings. The van der Waals surface area contributed by atoms with Crippen molar-refractivity contribution in [3.8, 4) is 5.75 Å². The van der Waals surface area contributed by atoms with Gasteiger partial charge in [-0.2, -0.15) is 8.42 Å². The van der Waals surface area contributed by atoms with Crippen LogP contribution < -0.4 is 9.81 Å². The van der Waals surface area contributed by atoms with Crippen LogP contribution in [0.3, 0.4) is 0 Å². The number of rotatable bonds is 6. The first kappa shape index (κ1) is 17.2. The third-order valence-corrected chi connectivity index (χ3v) is 5.10. The van der Waals surface area contributed by atoms with Crippen LogP contribution >= 0.6 is 0 Å². The minimum Gasteiger partial charge on any atom is -0.422 e. The van der Waals surface area contributed by atoms with Crippen molar-refractivity contribution in [2.45, 2.75) is 31.1 Å². The molecule has 5 nitrogen and oxygen atoms in total. The van der Waals surface area contributed by atoms with Crippen molar-refractivity contribution in [2.24, 2.45) is 0 Å². The molecule has 0 spiro atoms. The Morgan fingerprint density at radius 2 is 1.68 bits per heavy atom. The summed E-state index contributed by atoms with van der Waals surface area (Å²) >= 11 is 0. The number of unbranched alkanes of at least 4 members (excludes halogenated alkanes) is 1. The molecular weight excluding hydrogens is 340 g/mol. The molecule has 0 unspecified atom stereocenters. The zero-order valence-corrected chi connectivity index (χ0v) is 14.6. The summed E-state index contributed by atoms with van der Waals surface area (Å²) in [4.78, 5) is 12.4. The van der Waals surface area contributed by atoms with Gasteiger partial charge in [0.15, 0.2) is 5.75 Å². The number of benzene rings is 2. The monoisotopic (exact) mass is 358 g/mol. The van der Waals surface area contributed by atoms with Gasteiger partial charge in [0.1, 0.15) is 10.5 Å². The minimum atomic E-state index is -4.05. The quantitative estimate of drug-likeness (QED) is 0.493. The Bertz CT molecular complexity index is 1040. The molecule has 1 heterocycles. The van der Waals surface area contributed by atoms with Crippen molar-refractivity contribution in [1.29, 1.82) is 0 Å². The molecular formula is C19H18O5S. The van der Waals surface area contributed by atoms with Crippen LogP contribution in [-0.4, -0.2) is 8.42 Å². The van der Waals surface area contributed by atoms with E-state index in [4.69, 9.17) is 8.60 Å². The Hall–Kier alpha value is -2.60. The Morgan fingerprint density at radius 1 is 1.00 bits per heavy atom. The summed E-state index contributed by atoms with van der Waals surface area (Å²) in [6.45, 7) is 1.99. The Morgan fingerprint density at radius 3 is 2.40 bits per heavy atom. The molecule has 1 aromatic heterocycles. The number of hydrogen-bond donors (Lipinski definition) is 0. The molecule has 0 aliphatic heterocycles. The molecule has 0 fully saturated rings. The molecule has 6 heteroatoms. The molecule has 0 bridgehead atoms. The van der Waals surface area contributed by atoms with Crippen LogP contribution in [0.15, 0.2) is 68.7 Å². The fraction of sp³-hybridized carbons (Fsp3) is 0.211. The summed E-state index contributed by atoms with van der Waals surface area (Å²) in [6.07, 6.45) is 1.98. The van der Waals surface area contributed by atoms with Crippen LogP contribution in [-0.2, 0) is 16.5 Å². The van der Waals surface area contributed by atoms with Gasteiger partial charge in [0.25, 0.3) is 0 Å². The van der Waals surface area contributed by atoms with E-state index in [-0.39, 0.29) is 16.2 Å². The van der Waals surface area contributed by atoms with Crippen molar-refractivity contribution < 1.29 is 17.0 Å². The zero-order valence-electron chi connectivity index (χ0n) is 13.8. The van der Waals surface area contributed by atoms with E-state index in [1.165, 1.54) is 12.1 Å². The van der Waals surface area contributed by atoms with Gasteiger partial charge in [0.2, 0.25) is 0 Å². The van der Waals surface area contributed by atoms with Crippen molar-refractivity contribution in [2.75, 3.05) is 0 Å². The predicted octanol–water partition coefficient (Wildman–Crippen LogP) is 3.90. The average Bonchev–Trinajstić information content (AvgIpc) is 2.62. The van der Waals surface area contributed by atoms with E-state index in [0.717, 1.165) is 12.8 Å². The van der Waals surface area contributed by atoms with Crippen LogP contribution in [0, 0.1) is 0 Å². The fourth-order valence-electron chi connectivity index (χ4n) is 2.57. The Labute approximate surface area is 146 Å².